The van der Waals surface area contributed by atoms with Crippen LogP contribution in [-0.2, 0) is 12.8 Å². The number of rotatable bonds is 2. The molecule has 3 rings (SSSR count). The Morgan fingerprint density at radius 1 is 1.11 bits per heavy atom. The number of nitrogens with one attached hydrogen (secondary N) is 1. The molecule has 1 aliphatic rings. The zero-order chi connectivity index (χ0) is 13.2. The van der Waals surface area contributed by atoms with Crippen molar-refractivity contribution in [1.29, 1.82) is 0 Å². The fourth-order valence-electron chi connectivity index (χ4n) is 2.77. The van der Waals surface area contributed by atoms with Crippen molar-refractivity contribution < 1.29 is 4.74 Å². The third kappa shape index (κ3) is 2.28. The average Bonchev–Trinajstić information content (AvgIpc) is 2.46. The lowest BCUT2D eigenvalue weighted by Gasteiger charge is -2.19. The molecule has 1 aromatic carbocycles. The van der Waals surface area contributed by atoms with Gasteiger partial charge in [0.25, 0.3) is 0 Å². The van der Waals surface area contributed by atoms with Crippen LogP contribution in [-0.4, -0.2) is 12.1 Å². The Hall–Kier alpha value is -2.03. The quantitative estimate of drug-likeness (QED) is 0.896. The van der Waals surface area contributed by atoms with Gasteiger partial charge in [0.1, 0.15) is 5.75 Å². The van der Waals surface area contributed by atoms with Crippen molar-refractivity contribution in [1.82, 2.24) is 4.98 Å². The maximum Gasteiger partial charge on any atom is 0.248 e. The molecule has 0 fully saturated rings. The second-order valence-corrected chi connectivity index (χ2v) is 4.95. The lowest BCUT2D eigenvalue weighted by atomic mass is 9.89. The molecule has 1 heterocycles. The van der Waals surface area contributed by atoms with Gasteiger partial charge in [0.05, 0.1) is 12.8 Å². The molecule has 1 aliphatic carbocycles. The van der Waals surface area contributed by atoms with Gasteiger partial charge in [0, 0.05) is 6.07 Å². The number of ether oxygens (including phenoxy) is 1. The maximum atomic E-state index is 11.8. The largest absolute Gasteiger partial charge is 0.497 e. The van der Waals surface area contributed by atoms with Crippen LogP contribution in [0.15, 0.2) is 35.1 Å². The number of hydrogen-bond donors (Lipinski definition) is 1. The molecular formula is C16H17NO2. The molecule has 0 unspecified atom stereocenters. The molecule has 3 nitrogen and oxygen atoms in total. The van der Waals surface area contributed by atoms with Crippen molar-refractivity contribution in [3.63, 3.8) is 0 Å². The number of aromatic nitrogens is 1. The first-order chi connectivity index (χ1) is 9.28. The Balaban J connectivity index is 2.12. The van der Waals surface area contributed by atoms with E-state index in [4.69, 9.17) is 4.74 Å². The number of H-pyrrole nitrogens is 1. The first kappa shape index (κ1) is 12.0. The van der Waals surface area contributed by atoms with Crippen molar-refractivity contribution >= 4 is 0 Å². The molecule has 0 aliphatic heterocycles. The summed E-state index contributed by atoms with van der Waals surface area (Å²) < 4.78 is 5.17. The lowest BCUT2D eigenvalue weighted by Crippen LogP contribution is -2.14. The number of methoxy groups -OCH3 is 1. The third-order valence-electron chi connectivity index (χ3n) is 3.74. The second-order valence-electron chi connectivity index (χ2n) is 4.95. The van der Waals surface area contributed by atoms with Crippen LogP contribution in [0.5, 0.6) is 5.75 Å². The average molecular weight is 255 g/mol. The molecule has 0 spiro atoms. The monoisotopic (exact) mass is 255 g/mol. The molecule has 0 atom stereocenters. The van der Waals surface area contributed by atoms with E-state index in [1.807, 2.05) is 24.3 Å². The highest BCUT2D eigenvalue weighted by molar-refractivity contribution is 5.65. The first-order valence-electron chi connectivity index (χ1n) is 6.67. The Morgan fingerprint density at radius 3 is 2.58 bits per heavy atom. The normalized spacial score (nSPS) is 13.9. The van der Waals surface area contributed by atoms with Crippen LogP contribution in [0.25, 0.3) is 11.3 Å². The minimum absolute atomic E-state index is 0.00790. The Bertz CT molecular complexity index is 641. The van der Waals surface area contributed by atoms with Crippen LogP contribution in [0.1, 0.15) is 24.0 Å². The Labute approximate surface area is 112 Å². The molecular weight excluding hydrogens is 238 g/mol. The van der Waals surface area contributed by atoms with Crippen molar-refractivity contribution in [2.45, 2.75) is 25.7 Å². The van der Waals surface area contributed by atoms with Crippen LogP contribution in [0, 0.1) is 0 Å². The smallest absolute Gasteiger partial charge is 0.248 e. The molecule has 3 heteroatoms. The number of aryl methyl sites for hydroxylation is 1. The van der Waals surface area contributed by atoms with E-state index >= 15 is 0 Å². The molecule has 2 aromatic rings. The van der Waals surface area contributed by atoms with E-state index in [1.165, 1.54) is 24.0 Å². The van der Waals surface area contributed by atoms with E-state index in [1.54, 1.807) is 13.2 Å². The van der Waals surface area contributed by atoms with Crippen molar-refractivity contribution in [2.24, 2.45) is 0 Å². The first-order valence-corrected chi connectivity index (χ1v) is 6.67. The summed E-state index contributed by atoms with van der Waals surface area (Å²) in [5.41, 5.74) is 4.53. The summed E-state index contributed by atoms with van der Waals surface area (Å²) >= 11 is 0. The number of benzene rings is 1. The molecule has 0 radical (unpaired) electrons. The fraction of sp³-hybridized carbons (Fsp3) is 0.312. The van der Waals surface area contributed by atoms with Gasteiger partial charge in [-0.1, -0.05) is 0 Å². The molecule has 19 heavy (non-hydrogen) atoms. The third-order valence-corrected chi connectivity index (χ3v) is 3.74. The molecule has 1 aromatic heterocycles. The van der Waals surface area contributed by atoms with Gasteiger partial charge in [-0.15, -0.1) is 0 Å². The standard InChI is InChI=1S/C16H17NO2/c1-19-13-8-6-11(7-9-13)16-14-5-3-2-4-12(14)10-15(18)17-16/h6-10H,2-5H2,1H3,(H,17,18). The summed E-state index contributed by atoms with van der Waals surface area (Å²) in [5, 5.41) is 0. The summed E-state index contributed by atoms with van der Waals surface area (Å²) in [6, 6.07) is 9.60. The number of pyridine rings is 1. The Kier molecular flexibility index (Phi) is 3.11. The molecule has 1 N–H and O–H groups in total. The van der Waals surface area contributed by atoms with Gasteiger partial charge in [0.2, 0.25) is 5.56 Å². The summed E-state index contributed by atoms with van der Waals surface area (Å²) in [6.07, 6.45) is 4.44. The van der Waals surface area contributed by atoms with Crippen LogP contribution in [0.2, 0.25) is 0 Å². The van der Waals surface area contributed by atoms with Crippen LogP contribution < -0.4 is 10.3 Å². The minimum atomic E-state index is -0.00790. The van der Waals surface area contributed by atoms with E-state index in [-0.39, 0.29) is 5.56 Å². The van der Waals surface area contributed by atoms with Gasteiger partial charge < -0.3 is 9.72 Å². The van der Waals surface area contributed by atoms with Crippen LogP contribution >= 0.6 is 0 Å². The van der Waals surface area contributed by atoms with E-state index in [9.17, 15) is 4.79 Å². The van der Waals surface area contributed by atoms with Gasteiger partial charge in [-0.05, 0) is 66.6 Å². The summed E-state index contributed by atoms with van der Waals surface area (Å²) in [7, 11) is 1.65. The zero-order valence-corrected chi connectivity index (χ0v) is 11.0. The highest BCUT2D eigenvalue weighted by Crippen LogP contribution is 2.29. The SMILES string of the molecule is COc1ccc(-c2[nH]c(=O)cc3c2CCCC3)cc1. The highest BCUT2D eigenvalue weighted by Gasteiger charge is 2.15. The van der Waals surface area contributed by atoms with Crippen LogP contribution in [0.3, 0.4) is 0 Å². The fourth-order valence-corrected chi connectivity index (χ4v) is 2.77. The van der Waals surface area contributed by atoms with E-state index in [2.05, 4.69) is 4.98 Å². The highest BCUT2D eigenvalue weighted by atomic mass is 16.5. The van der Waals surface area contributed by atoms with E-state index < -0.39 is 0 Å². The van der Waals surface area contributed by atoms with Gasteiger partial charge in [-0.3, -0.25) is 4.79 Å². The molecule has 0 saturated heterocycles. The number of aromatic amines is 1. The number of fused-ring (bicyclic) bond motifs is 1. The van der Waals surface area contributed by atoms with Crippen molar-refractivity contribution in [3.8, 4) is 17.0 Å². The molecule has 0 bridgehead atoms. The van der Waals surface area contributed by atoms with E-state index in [0.717, 1.165) is 29.8 Å². The molecule has 98 valence electrons. The second kappa shape index (κ2) is 4.92. The predicted octanol–water partition coefficient (Wildman–Crippen LogP) is 2.93. The van der Waals surface area contributed by atoms with Gasteiger partial charge >= 0.3 is 0 Å². The lowest BCUT2D eigenvalue weighted by molar-refractivity contribution is 0.415. The van der Waals surface area contributed by atoms with Crippen molar-refractivity contribution in [2.75, 3.05) is 7.11 Å². The summed E-state index contributed by atoms with van der Waals surface area (Å²) in [4.78, 5) is 14.8. The maximum absolute atomic E-state index is 11.8. The minimum Gasteiger partial charge on any atom is -0.497 e. The van der Waals surface area contributed by atoms with Crippen molar-refractivity contribution in [3.05, 3.63) is 51.8 Å². The Morgan fingerprint density at radius 2 is 1.84 bits per heavy atom. The van der Waals surface area contributed by atoms with Gasteiger partial charge in [-0.25, -0.2) is 0 Å². The summed E-state index contributed by atoms with van der Waals surface area (Å²) in [6.45, 7) is 0. The topological polar surface area (TPSA) is 42.1 Å². The predicted molar refractivity (Wildman–Crippen MR) is 75.7 cm³/mol. The van der Waals surface area contributed by atoms with Gasteiger partial charge in [0.15, 0.2) is 0 Å². The van der Waals surface area contributed by atoms with Crippen LogP contribution in [0.4, 0.5) is 0 Å². The summed E-state index contributed by atoms with van der Waals surface area (Å²) in [5.74, 6) is 0.830. The number of hydrogen-bond acceptors (Lipinski definition) is 2. The van der Waals surface area contributed by atoms with E-state index in [0.29, 0.717) is 0 Å². The zero-order valence-electron chi connectivity index (χ0n) is 11.0. The molecule has 0 amide bonds. The van der Waals surface area contributed by atoms with Gasteiger partial charge in [-0.2, -0.15) is 0 Å². The molecule has 0 saturated carbocycles.